The molecule has 1 N–H and O–H groups in total. The van der Waals surface area contributed by atoms with Crippen molar-refractivity contribution in [3.05, 3.63) is 22.8 Å². The number of carbonyl (C=O) groups is 2. The lowest BCUT2D eigenvalue weighted by Crippen LogP contribution is -2.13. The van der Waals surface area contributed by atoms with Crippen LogP contribution in [-0.2, 0) is 11.8 Å². The fraction of sp³-hybridized carbons (Fsp3) is 0.333. The summed E-state index contributed by atoms with van der Waals surface area (Å²) in [6, 6.07) is 1.07. The van der Waals surface area contributed by atoms with Gasteiger partial charge < -0.3 is 9.47 Å². The molecule has 0 fully saturated rings. The minimum Gasteiger partial charge on any atom is -0.461 e. The Hall–Kier alpha value is -2.56. The number of ether oxygens (including phenoxy) is 2. The van der Waals surface area contributed by atoms with Crippen LogP contribution in [0.4, 0.5) is 13.9 Å². The number of amides is 1. The van der Waals surface area contributed by atoms with E-state index < -0.39 is 18.5 Å². The SMILES string of the molecule is CCOC(=O)c1csc(NC(=O)c2cc(OC(F)F)n(C)n2)n1. The number of hydrogen-bond acceptors (Lipinski definition) is 7. The van der Waals surface area contributed by atoms with Gasteiger partial charge in [-0.25, -0.2) is 14.5 Å². The first-order valence-corrected chi connectivity index (χ1v) is 7.21. The summed E-state index contributed by atoms with van der Waals surface area (Å²) >= 11 is 1.02. The van der Waals surface area contributed by atoms with Crippen LogP contribution in [0, 0.1) is 0 Å². The van der Waals surface area contributed by atoms with Gasteiger partial charge in [0.25, 0.3) is 5.91 Å². The van der Waals surface area contributed by atoms with Gasteiger partial charge >= 0.3 is 12.6 Å². The van der Waals surface area contributed by atoms with E-state index in [1.807, 2.05) is 0 Å². The average molecular weight is 346 g/mol. The molecule has 2 heterocycles. The van der Waals surface area contributed by atoms with E-state index in [4.69, 9.17) is 4.74 Å². The highest BCUT2D eigenvalue weighted by Crippen LogP contribution is 2.19. The Bertz CT molecular complexity index is 716. The Morgan fingerprint density at radius 2 is 2.17 bits per heavy atom. The van der Waals surface area contributed by atoms with Crippen LogP contribution in [0.15, 0.2) is 11.4 Å². The van der Waals surface area contributed by atoms with E-state index in [2.05, 4.69) is 20.1 Å². The molecule has 2 aromatic heterocycles. The molecular formula is C12H12F2N4O4S. The van der Waals surface area contributed by atoms with Crippen LogP contribution in [0.1, 0.15) is 27.9 Å². The first-order chi connectivity index (χ1) is 10.9. The predicted octanol–water partition coefficient (Wildman–Crippen LogP) is 1.91. The van der Waals surface area contributed by atoms with Crippen molar-refractivity contribution in [1.82, 2.24) is 14.8 Å². The normalized spacial score (nSPS) is 10.7. The standard InChI is InChI=1S/C12H12F2N4O4S/c1-3-21-10(20)7-5-23-12(15-7)16-9(19)6-4-8(18(2)17-6)22-11(13)14/h4-5,11H,3H2,1-2H3,(H,15,16,19). The maximum absolute atomic E-state index is 12.2. The summed E-state index contributed by atoms with van der Waals surface area (Å²) in [5.74, 6) is -1.53. The quantitative estimate of drug-likeness (QED) is 0.803. The monoisotopic (exact) mass is 346 g/mol. The number of alkyl halides is 2. The number of thiazole rings is 1. The van der Waals surface area contributed by atoms with Gasteiger partial charge in [0.2, 0.25) is 5.88 Å². The number of aryl methyl sites for hydroxylation is 1. The molecule has 0 bridgehead atoms. The Morgan fingerprint density at radius 3 is 2.83 bits per heavy atom. The second kappa shape index (κ2) is 7.13. The zero-order chi connectivity index (χ0) is 17.0. The van der Waals surface area contributed by atoms with Crippen molar-refractivity contribution in [2.45, 2.75) is 13.5 Å². The van der Waals surface area contributed by atoms with E-state index in [0.717, 1.165) is 22.1 Å². The molecule has 23 heavy (non-hydrogen) atoms. The van der Waals surface area contributed by atoms with E-state index in [-0.39, 0.29) is 29.0 Å². The molecule has 124 valence electrons. The fourth-order valence-electron chi connectivity index (χ4n) is 1.55. The molecule has 2 aromatic rings. The van der Waals surface area contributed by atoms with Crippen molar-refractivity contribution in [2.24, 2.45) is 7.05 Å². The number of hydrogen-bond donors (Lipinski definition) is 1. The molecule has 0 aliphatic carbocycles. The van der Waals surface area contributed by atoms with Crippen molar-refractivity contribution in [2.75, 3.05) is 11.9 Å². The molecule has 0 saturated heterocycles. The van der Waals surface area contributed by atoms with E-state index in [0.29, 0.717) is 0 Å². The highest BCUT2D eigenvalue weighted by molar-refractivity contribution is 7.14. The van der Waals surface area contributed by atoms with Gasteiger partial charge in [0.15, 0.2) is 16.5 Å². The summed E-state index contributed by atoms with van der Waals surface area (Å²) in [6.07, 6.45) is 0. The number of rotatable bonds is 6. The van der Waals surface area contributed by atoms with Crippen molar-refractivity contribution in [3.8, 4) is 5.88 Å². The van der Waals surface area contributed by atoms with Gasteiger partial charge in [-0.3, -0.25) is 10.1 Å². The molecule has 0 spiro atoms. The minimum absolute atomic E-state index is 0.0647. The summed E-state index contributed by atoms with van der Waals surface area (Å²) in [7, 11) is 1.36. The van der Waals surface area contributed by atoms with Crippen LogP contribution >= 0.6 is 11.3 Å². The molecule has 8 nitrogen and oxygen atoms in total. The molecule has 11 heteroatoms. The third-order valence-electron chi connectivity index (χ3n) is 2.49. The molecule has 0 atom stereocenters. The largest absolute Gasteiger partial charge is 0.461 e. The van der Waals surface area contributed by atoms with Gasteiger partial charge in [0.05, 0.1) is 6.61 Å². The number of anilines is 1. The zero-order valence-corrected chi connectivity index (χ0v) is 12.9. The highest BCUT2D eigenvalue weighted by atomic mass is 32.1. The maximum atomic E-state index is 12.2. The third kappa shape index (κ3) is 4.22. The van der Waals surface area contributed by atoms with Gasteiger partial charge in [-0.2, -0.15) is 13.9 Å². The number of nitrogens with zero attached hydrogens (tertiary/aromatic N) is 3. The number of nitrogens with one attached hydrogen (secondary N) is 1. The molecular weight excluding hydrogens is 334 g/mol. The molecule has 0 unspecified atom stereocenters. The highest BCUT2D eigenvalue weighted by Gasteiger charge is 2.18. The lowest BCUT2D eigenvalue weighted by Gasteiger charge is -2.01. The van der Waals surface area contributed by atoms with Gasteiger partial charge in [0, 0.05) is 18.5 Å². The van der Waals surface area contributed by atoms with Gasteiger partial charge in [-0.15, -0.1) is 11.3 Å². The Labute approximate surface area is 133 Å². The lowest BCUT2D eigenvalue weighted by molar-refractivity contribution is -0.0553. The summed E-state index contributed by atoms with van der Waals surface area (Å²) in [4.78, 5) is 27.4. The first kappa shape index (κ1) is 16.8. The van der Waals surface area contributed by atoms with Crippen molar-refractivity contribution >= 4 is 28.3 Å². The molecule has 0 saturated carbocycles. The predicted molar refractivity (Wildman–Crippen MR) is 75.9 cm³/mol. The number of carbonyl (C=O) groups excluding carboxylic acids is 2. The second-order valence-electron chi connectivity index (χ2n) is 4.08. The second-order valence-corrected chi connectivity index (χ2v) is 4.94. The molecule has 2 rings (SSSR count). The molecule has 0 aliphatic rings. The van der Waals surface area contributed by atoms with Crippen LogP contribution in [0.5, 0.6) is 5.88 Å². The van der Waals surface area contributed by atoms with Crippen molar-refractivity contribution < 1.29 is 27.8 Å². The molecule has 0 radical (unpaired) electrons. The Kier molecular flexibility index (Phi) is 5.21. The summed E-state index contributed by atoms with van der Waals surface area (Å²) in [5, 5.41) is 7.75. The summed E-state index contributed by atoms with van der Waals surface area (Å²) < 4.78 is 34.4. The van der Waals surface area contributed by atoms with Crippen LogP contribution in [-0.4, -0.2) is 39.9 Å². The summed E-state index contributed by atoms with van der Waals surface area (Å²) in [6.45, 7) is -1.15. The number of esters is 1. The van der Waals surface area contributed by atoms with E-state index in [9.17, 15) is 18.4 Å². The topological polar surface area (TPSA) is 95.3 Å². The van der Waals surface area contributed by atoms with Gasteiger partial charge in [-0.05, 0) is 6.92 Å². The van der Waals surface area contributed by atoms with Crippen LogP contribution in [0.2, 0.25) is 0 Å². The zero-order valence-electron chi connectivity index (χ0n) is 12.1. The Balaban J connectivity index is 2.06. The molecule has 0 aliphatic heterocycles. The maximum Gasteiger partial charge on any atom is 0.388 e. The summed E-state index contributed by atoms with van der Waals surface area (Å²) in [5.41, 5.74) is -0.0640. The number of halogens is 2. The van der Waals surface area contributed by atoms with E-state index in [1.165, 1.54) is 12.4 Å². The van der Waals surface area contributed by atoms with Crippen LogP contribution in [0.3, 0.4) is 0 Å². The van der Waals surface area contributed by atoms with Crippen LogP contribution in [0.25, 0.3) is 0 Å². The van der Waals surface area contributed by atoms with Crippen molar-refractivity contribution in [1.29, 1.82) is 0 Å². The molecule has 1 amide bonds. The van der Waals surface area contributed by atoms with Crippen LogP contribution < -0.4 is 10.1 Å². The minimum atomic E-state index is -3.02. The average Bonchev–Trinajstić information content (AvgIpc) is 3.06. The Morgan fingerprint density at radius 1 is 1.43 bits per heavy atom. The van der Waals surface area contributed by atoms with Gasteiger partial charge in [0.1, 0.15) is 0 Å². The number of aromatic nitrogens is 3. The smallest absolute Gasteiger partial charge is 0.388 e. The lowest BCUT2D eigenvalue weighted by atomic mass is 10.4. The first-order valence-electron chi connectivity index (χ1n) is 6.33. The third-order valence-corrected chi connectivity index (χ3v) is 3.25. The van der Waals surface area contributed by atoms with E-state index in [1.54, 1.807) is 6.92 Å². The van der Waals surface area contributed by atoms with Crippen molar-refractivity contribution in [3.63, 3.8) is 0 Å². The van der Waals surface area contributed by atoms with E-state index >= 15 is 0 Å². The fourth-order valence-corrected chi connectivity index (χ4v) is 2.23. The molecule has 0 aromatic carbocycles. The van der Waals surface area contributed by atoms with Gasteiger partial charge in [-0.1, -0.05) is 0 Å².